The minimum absolute atomic E-state index is 0. The van der Waals surface area contributed by atoms with Crippen molar-refractivity contribution in [1.29, 1.82) is 0 Å². The molecule has 1 aliphatic heterocycles. The van der Waals surface area contributed by atoms with E-state index < -0.39 is 10.0 Å². The first-order valence-corrected chi connectivity index (χ1v) is 9.09. The molecule has 0 aromatic heterocycles. The summed E-state index contributed by atoms with van der Waals surface area (Å²) in [6.07, 6.45) is -0.152. The van der Waals surface area contributed by atoms with Gasteiger partial charge in [-0.1, -0.05) is 0 Å². The van der Waals surface area contributed by atoms with Gasteiger partial charge in [-0.2, -0.15) is 4.31 Å². The first-order valence-electron chi connectivity index (χ1n) is 7.48. The van der Waals surface area contributed by atoms with Crippen molar-refractivity contribution in [2.45, 2.75) is 39.9 Å². The summed E-state index contributed by atoms with van der Waals surface area (Å²) in [4.78, 5) is 6.06. The average molecular weight is 448 g/mol. The fourth-order valence-electron chi connectivity index (χ4n) is 2.41. The zero-order valence-electron chi connectivity index (χ0n) is 13.9. The molecule has 22 heavy (non-hydrogen) atoms. The monoisotopic (exact) mass is 448 g/mol. The molecule has 1 fully saturated rings. The molecule has 1 rings (SSSR count). The number of sulfonamides is 1. The molecule has 1 saturated heterocycles. The van der Waals surface area contributed by atoms with Gasteiger partial charge in [0, 0.05) is 26.2 Å². The molecule has 0 saturated carbocycles. The van der Waals surface area contributed by atoms with Gasteiger partial charge in [0.05, 0.1) is 24.5 Å². The van der Waals surface area contributed by atoms with Crippen molar-refractivity contribution in [3.63, 3.8) is 0 Å². The SMILES string of the molecule is CCN(CC)C(N)=NCCS(=O)(=O)N1CC(C)OC(C)C1.I. The van der Waals surface area contributed by atoms with Crippen LogP contribution in [0.4, 0.5) is 0 Å². The zero-order chi connectivity index (χ0) is 16.0. The Bertz CT molecular complexity index is 444. The third kappa shape index (κ3) is 6.55. The predicted octanol–water partition coefficient (Wildman–Crippen LogP) is 0.700. The van der Waals surface area contributed by atoms with E-state index >= 15 is 0 Å². The van der Waals surface area contributed by atoms with Crippen molar-refractivity contribution in [1.82, 2.24) is 9.21 Å². The van der Waals surface area contributed by atoms with Crippen LogP contribution in [0.5, 0.6) is 0 Å². The molecule has 2 unspecified atom stereocenters. The third-order valence-electron chi connectivity index (χ3n) is 3.49. The second kappa shape index (κ2) is 9.89. The van der Waals surface area contributed by atoms with E-state index in [-0.39, 0.29) is 48.5 Å². The van der Waals surface area contributed by atoms with Crippen molar-refractivity contribution in [3.8, 4) is 0 Å². The summed E-state index contributed by atoms with van der Waals surface area (Å²) in [5.41, 5.74) is 5.84. The van der Waals surface area contributed by atoms with E-state index in [1.165, 1.54) is 4.31 Å². The van der Waals surface area contributed by atoms with Crippen LogP contribution in [0.25, 0.3) is 0 Å². The molecule has 2 N–H and O–H groups in total. The molecule has 7 nitrogen and oxygen atoms in total. The summed E-state index contributed by atoms with van der Waals surface area (Å²) >= 11 is 0. The highest BCUT2D eigenvalue weighted by atomic mass is 127. The molecule has 9 heteroatoms. The van der Waals surface area contributed by atoms with Crippen LogP contribution in [0, 0.1) is 0 Å². The molecule has 0 radical (unpaired) electrons. The van der Waals surface area contributed by atoms with E-state index in [0.717, 1.165) is 13.1 Å². The standard InChI is InChI=1S/C13H28N4O3S.HI/c1-5-16(6-2)13(14)15-7-8-21(18,19)17-9-11(3)20-12(4)10-17;/h11-12H,5-10H2,1-4H3,(H2,14,15);1H. The van der Waals surface area contributed by atoms with Crippen molar-refractivity contribution in [2.75, 3.05) is 38.5 Å². The Hall–Kier alpha value is -0.130. The second-order valence-electron chi connectivity index (χ2n) is 5.30. The van der Waals surface area contributed by atoms with Gasteiger partial charge < -0.3 is 15.4 Å². The Morgan fingerprint density at radius 1 is 1.27 bits per heavy atom. The molecular formula is C13H29IN4O3S. The molecule has 1 aliphatic rings. The van der Waals surface area contributed by atoms with Crippen molar-refractivity contribution in [2.24, 2.45) is 10.7 Å². The highest BCUT2D eigenvalue weighted by Crippen LogP contribution is 2.14. The molecule has 0 bridgehead atoms. The van der Waals surface area contributed by atoms with Crippen LogP contribution in [-0.2, 0) is 14.8 Å². The highest BCUT2D eigenvalue weighted by Gasteiger charge is 2.30. The number of guanidine groups is 1. The van der Waals surface area contributed by atoms with Crippen LogP contribution < -0.4 is 5.73 Å². The van der Waals surface area contributed by atoms with Crippen LogP contribution in [0.2, 0.25) is 0 Å². The maximum absolute atomic E-state index is 12.3. The Kier molecular flexibility index (Phi) is 9.83. The second-order valence-corrected chi connectivity index (χ2v) is 7.39. The molecule has 1 heterocycles. The summed E-state index contributed by atoms with van der Waals surface area (Å²) < 4.78 is 31.7. The summed E-state index contributed by atoms with van der Waals surface area (Å²) in [6.45, 7) is 10.3. The van der Waals surface area contributed by atoms with Crippen LogP contribution in [0.1, 0.15) is 27.7 Å². The third-order valence-corrected chi connectivity index (χ3v) is 5.27. The lowest BCUT2D eigenvalue weighted by molar-refractivity contribution is -0.0440. The average Bonchev–Trinajstić information content (AvgIpc) is 2.38. The smallest absolute Gasteiger partial charge is 0.216 e. The first-order chi connectivity index (χ1) is 9.80. The summed E-state index contributed by atoms with van der Waals surface area (Å²) in [5.74, 6) is 0.382. The van der Waals surface area contributed by atoms with Crippen molar-refractivity contribution in [3.05, 3.63) is 0 Å². The lowest BCUT2D eigenvalue weighted by atomic mass is 10.3. The molecular weight excluding hydrogens is 419 g/mol. The number of aliphatic imine (C=N–C) groups is 1. The predicted molar refractivity (Wildman–Crippen MR) is 100 cm³/mol. The summed E-state index contributed by atoms with van der Waals surface area (Å²) in [6, 6.07) is 0. The van der Waals surface area contributed by atoms with Gasteiger partial charge in [0.1, 0.15) is 0 Å². The number of nitrogens with two attached hydrogens (primary N) is 1. The summed E-state index contributed by atoms with van der Waals surface area (Å²) in [7, 11) is -3.31. The molecule has 0 amide bonds. The van der Waals surface area contributed by atoms with E-state index in [0.29, 0.717) is 19.0 Å². The highest BCUT2D eigenvalue weighted by molar-refractivity contribution is 14.0. The largest absolute Gasteiger partial charge is 0.373 e. The molecule has 132 valence electrons. The van der Waals surface area contributed by atoms with Gasteiger partial charge in [-0.05, 0) is 27.7 Å². The molecule has 0 spiro atoms. The Balaban J connectivity index is 0.00000441. The lowest BCUT2D eigenvalue weighted by Crippen LogP contribution is -2.49. The minimum atomic E-state index is -3.31. The number of nitrogens with zero attached hydrogens (tertiary/aromatic N) is 3. The van der Waals surface area contributed by atoms with Gasteiger partial charge in [-0.15, -0.1) is 24.0 Å². The quantitative estimate of drug-likeness (QED) is 0.367. The van der Waals surface area contributed by atoms with Crippen LogP contribution in [0.3, 0.4) is 0 Å². The van der Waals surface area contributed by atoms with E-state index in [9.17, 15) is 8.42 Å². The Morgan fingerprint density at radius 3 is 2.23 bits per heavy atom. The number of morpholine rings is 1. The number of hydrogen-bond donors (Lipinski definition) is 1. The lowest BCUT2D eigenvalue weighted by Gasteiger charge is -2.34. The Morgan fingerprint density at radius 2 is 1.77 bits per heavy atom. The van der Waals surface area contributed by atoms with Gasteiger partial charge in [-0.25, -0.2) is 8.42 Å². The Labute approximate surface area is 151 Å². The van der Waals surface area contributed by atoms with Crippen LogP contribution in [0.15, 0.2) is 4.99 Å². The topological polar surface area (TPSA) is 88.2 Å². The first kappa shape index (κ1) is 21.9. The van der Waals surface area contributed by atoms with Gasteiger partial charge in [0.25, 0.3) is 0 Å². The van der Waals surface area contributed by atoms with E-state index in [1.54, 1.807) is 0 Å². The van der Waals surface area contributed by atoms with Gasteiger partial charge >= 0.3 is 0 Å². The molecule has 0 aromatic carbocycles. The van der Waals surface area contributed by atoms with Gasteiger partial charge in [0.2, 0.25) is 10.0 Å². The fraction of sp³-hybridized carbons (Fsp3) is 0.923. The van der Waals surface area contributed by atoms with Crippen molar-refractivity contribution >= 4 is 40.0 Å². The normalized spacial score (nSPS) is 23.9. The van der Waals surface area contributed by atoms with Crippen LogP contribution >= 0.6 is 24.0 Å². The van der Waals surface area contributed by atoms with E-state index in [2.05, 4.69) is 4.99 Å². The zero-order valence-corrected chi connectivity index (χ0v) is 17.0. The number of hydrogen-bond acceptors (Lipinski definition) is 4. The number of ether oxygens (including phenoxy) is 1. The number of rotatable bonds is 6. The molecule has 0 aliphatic carbocycles. The van der Waals surface area contributed by atoms with E-state index in [4.69, 9.17) is 10.5 Å². The van der Waals surface area contributed by atoms with Gasteiger partial charge in [0.15, 0.2) is 5.96 Å². The van der Waals surface area contributed by atoms with Crippen molar-refractivity contribution < 1.29 is 13.2 Å². The van der Waals surface area contributed by atoms with Crippen LogP contribution in [-0.4, -0.2) is 74.3 Å². The number of halogens is 1. The van der Waals surface area contributed by atoms with E-state index in [1.807, 2.05) is 32.6 Å². The molecule has 2 atom stereocenters. The minimum Gasteiger partial charge on any atom is -0.373 e. The maximum Gasteiger partial charge on any atom is 0.216 e. The maximum atomic E-state index is 12.3. The summed E-state index contributed by atoms with van der Waals surface area (Å²) in [5, 5.41) is 0. The molecule has 0 aromatic rings. The fourth-order valence-corrected chi connectivity index (χ4v) is 3.86. The van der Waals surface area contributed by atoms with Gasteiger partial charge in [-0.3, -0.25) is 4.99 Å².